The maximum absolute atomic E-state index is 2.45. The van der Waals surface area contributed by atoms with E-state index in [2.05, 4.69) is 242 Å². The van der Waals surface area contributed by atoms with E-state index in [1.807, 2.05) is 0 Å². The van der Waals surface area contributed by atoms with Gasteiger partial charge in [0.05, 0.1) is 0 Å². The summed E-state index contributed by atoms with van der Waals surface area (Å²) in [5.41, 5.74) is 19.1. The average Bonchev–Trinajstić information content (AvgIpc) is 3.31. The number of rotatable bonds is 12. The lowest BCUT2D eigenvalue weighted by Gasteiger charge is -2.32. The summed E-state index contributed by atoms with van der Waals surface area (Å²) in [7, 11) is 0. The van der Waals surface area contributed by atoms with E-state index in [0.29, 0.717) is 0 Å². The molecule has 0 aliphatic heterocycles. The standard InChI is InChI=1S/C58H50N2/c1-3-20-49-37-48(35-36-58(49)57-34-17-16-21-43(57)2)50-40-55(59(51-28-12-6-13-29-51)53-32-18-26-46(38-53)44-22-8-4-9-23-44)42-56(41-50)60(52-30-14-7-15-31-52)54-33-19-27-47(39-54)45-24-10-5-11-25-45/h4-6,8-14,16-19,21-42H,3,7,15,20H2,1-2H3. The minimum atomic E-state index is 0.996. The first kappa shape index (κ1) is 38.4. The number of allylic oxidation sites excluding steroid dienone is 3. The van der Waals surface area contributed by atoms with Crippen LogP contribution in [0.2, 0.25) is 0 Å². The van der Waals surface area contributed by atoms with E-state index in [1.54, 1.807) is 0 Å². The summed E-state index contributed by atoms with van der Waals surface area (Å²) in [5.74, 6) is 0. The molecule has 0 aromatic heterocycles. The van der Waals surface area contributed by atoms with Crippen LogP contribution in [0.25, 0.3) is 44.5 Å². The lowest BCUT2D eigenvalue weighted by atomic mass is 9.90. The van der Waals surface area contributed by atoms with Crippen molar-refractivity contribution >= 4 is 28.4 Å². The predicted molar refractivity (Wildman–Crippen MR) is 257 cm³/mol. The van der Waals surface area contributed by atoms with E-state index in [-0.39, 0.29) is 0 Å². The molecule has 0 amide bonds. The minimum absolute atomic E-state index is 0.996. The largest absolute Gasteiger partial charge is 0.311 e. The first-order chi connectivity index (χ1) is 29.6. The van der Waals surface area contributed by atoms with E-state index < -0.39 is 0 Å². The summed E-state index contributed by atoms with van der Waals surface area (Å²) in [6.45, 7) is 4.50. The fourth-order valence-electron chi connectivity index (χ4n) is 8.55. The van der Waals surface area contributed by atoms with Gasteiger partial charge in [0.25, 0.3) is 0 Å². The third kappa shape index (κ3) is 8.23. The Bertz CT molecular complexity index is 2780. The highest BCUT2D eigenvalue weighted by Crippen LogP contribution is 2.44. The highest BCUT2D eigenvalue weighted by atomic mass is 15.2. The molecule has 0 N–H and O–H groups in total. The van der Waals surface area contributed by atoms with Gasteiger partial charge in [0, 0.05) is 34.1 Å². The van der Waals surface area contributed by atoms with Crippen molar-refractivity contribution in [1.29, 1.82) is 0 Å². The van der Waals surface area contributed by atoms with E-state index in [0.717, 1.165) is 54.1 Å². The smallest absolute Gasteiger partial charge is 0.0488 e. The molecule has 0 radical (unpaired) electrons. The van der Waals surface area contributed by atoms with Crippen molar-refractivity contribution in [3.05, 3.63) is 235 Å². The number of anilines is 5. The van der Waals surface area contributed by atoms with E-state index in [9.17, 15) is 0 Å². The van der Waals surface area contributed by atoms with Gasteiger partial charge >= 0.3 is 0 Å². The lowest BCUT2D eigenvalue weighted by molar-refractivity contribution is 0.924. The molecule has 8 aromatic carbocycles. The molecule has 9 rings (SSSR count). The second kappa shape index (κ2) is 17.8. The van der Waals surface area contributed by atoms with Crippen LogP contribution in [0.4, 0.5) is 28.4 Å². The molecule has 2 nitrogen and oxygen atoms in total. The summed E-state index contributed by atoms with van der Waals surface area (Å²) in [4.78, 5) is 4.87. The number of aryl methyl sites for hydroxylation is 2. The first-order valence-corrected chi connectivity index (χ1v) is 21.3. The molecule has 0 spiro atoms. The molecule has 0 atom stereocenters. The molecule has 1 aliphatic carbocycles. The highest BCUT2D eigenvalue weighted by molar-refractivity contribution is 5.88. The van der Waals surface area contributed by atoms with Crippen molar-refractivity contribution in [2.45, 2.75) is 39.5 Å². The quantitative estimate of drug-likeness (QED) is 0.122. The number of nitrogens with zero attached hydrogens (tertiary/aromatic N) is 2. The van der Waals surface area contributed by atoms with E-state index in [1.165, 1.54) is 61.3 Å². The zero-order chi connectivity index (χ0) is 40.7. The number of hydrogen-bond acceptors (Lipinski definition) is 2. The molecular weight excluding hydrogens is 725 g/mol. The van der Waals surface area contributed by atoms with Crippen LogP contribution in [-0.2, 0) is 6.42 Å². The van der Waals surface area contributed by atoms with E-state index in [4.69, 9.17) is 0 Å². The summed E-state index contributed by atoms with van der Waals surface area (Å²) < 4.78 is 0. The van der Waals surface area contributed by atoms with Crippen molar-refractivity contribution < 1.29 is 0 Å². The van der Waals surface area contributed by atoms with Crippen molar-refractivity contribution in [1.82, 2.24) is 0 Å². The SMILES string of the molecule is CCCc1cc(-c2cc(N(C3=CCCC=C3)c3cccc(-c4ccccc4)c3)cc(N(c3ccccc3)c3cccc(-c4ccccc4)c3)c2)ccc1-c1ccccc1C. The molecular formula is C58H50N2. The van der Waals surface area contributed by atoms with Crippen LogP contribution in [0, 0.1) is 6.92 Å². The van der Waals surface area contributed by atoms with Gasteiger partial charge in [-0.25, -0.2) is 0 Å². The Balaban J connectivity index is 1.28. The van der Waals surface area contributed by atoms with Gasteiger partial charge in [-0.3, -0.25) is 0 Å². The van der Waals surface area contributed by atoms with Crippen LogP contribution in [0.1, 0.15) is 37.3 Å². The third-order valence-corrected chi connectivity index (χ3v) is 11.5. The minimum Gasteiger partial charge on any atom is -0.311 e. The third-order valence-electron chi connectivity index (χ3n) is 11.5. The molecule has 1 aliphatic rings. The highest BCUT2D eigenvalue weighted by Gasteiger charge is 2.22. The van der Waals surface area contributed by atoms with Gasteiger partial charge in [0.1, 0.15) is 0 Å². The van der Waals surface area contributed by atoms with E-state index >= 15 is 0 Å². The molecule has 8 aromatic rings. The Morgan fingerprint density at radius 3 is 1.55 bits per heavy atom. The molecule has 0 fully saturated rings. The Kier molecular flexibility index (Phi) is 11.4. The zero-order valence-electron chi connectivity index (χ0n) is 34.5. The Labute approximate surface area is 356 Å². The second-order valence-corrected chi connectivity index (χ2v) is 15.6. The monoisotopic (exact) mass is 774 g/mol. The summed E-state index contributed by atoms with van der Waals surface area (Å²) in [6, 6.07) is 73.1. The van der Waals surface area contributed by atoms with Crippen LogP contribution in [0.3, 0.4) is 0 Å². The van der Waals surface area contributed by atoms with Crippen LogP contribution in [0.5, 0.6) is 0 Å². The fourth-order valence-corrected chi connectivity index (χ4v) is 8.55. The van der Waals surface area contributed by atoms with Crippen LogP contribution >= 0.6 is 0 Å². The molecule has 0 saturated heterocycles. The van der Waals surface area contributed by atoms with Crippen LogP contribution in [0.15, 0.2) is 224 Å². The molecule has 0 bridgehead atoms. The Morgan fingerprint density at radius 1 is 0.400 bits per heavy atom. The second-order valence-electron chi connectivity index (χ2n) is 15.6. The number of benzene rings is 8. The molecule has 0 unspecified atom stereocenters. The Hall–Kier alpha value is -7.16. The maximum atomic E-state index is 2.45. The summed E-state index contributed by atoms with van der Waals surface area (Å²) in [6.07, 6.45) is 11.1. The van der Waals surface area contributed by atoms with Crippen molar-refractivity contribution in [3.8, 4) is 44.5 Å². The van der Waals surface area contributed by atoms with Gasteiger partial charge < -0.3 is 9.80 Å². The first-order valence-electron chi connectivity index (χ1n) is 21.3. The molecule has 0 heterocycles. The maximum Gasteiger partial charge on any atom is 0.0488 e. The van der Waals surface area contributed by atoms with Gasteiger partial charge in [0.15, 0.2) is 0 Å². The molecule has 292 valence electrons. The zero-order valence-corrected chi connectivity index (χ0v) is 34.5. The number of para-hydroxylation sites is 1. The van der Waals surface area contributed by atoms with Gasteiger partial charge in [-0.2, -0.15) is 0 Å². The van der Waals surface area contributed by atoms with Crippen molar-refractivity contribution in [3.63, 3.8) is 0 Å². The topological polar surface area (TPSA) is 6.48 Å². The average molecular weight is 775 g/mol. The Morgan fingerprint density at radius 2 is 0.933 bits per heavy atom. The van der Waals surface area contributed by atoms with Gasteiger partial charge in [-0.05, 0) is 142 Å². The predicted octanol–water partition coefficient (Wildman–Crippen LogP) is 16.5. The number of hydrogen-bond donors (Lipinski definition) is 0. The summed E-state index contributed by atoms with van der Waals surface area (Å²) in [5, 5.41) is 0. The summed E-state index contributed by atoms with van der Waals surface area (Å²) >= 11 is 0. The molecule has 60 heavy (non-hydrogen) atoms. The van der Waals surface area contributed by atoms with Crippen LogP contribution in [-0.4, -0.2) is 0 Å². The molecule has 2 heteroatoms. The van der Waals surface area contributed by atoms with Crippen molar-refractivity contribution in [2.75, 3.05) is 9.80 Å². The van der Waals surface area contributed by atoms with Crippen LogP contribution < -0.4 is 9.80 Å². The fraction of sp³-hybridized carbons (Fsp3) is 0.103. The van der Waals surface area contributed by atoms with Gasteiger partial charge in [0.2, 0.25) is 0 Å². The van der Waals surface area contributed by atoms with Gasteiger partial charge in [-0.1, -0.05) is 171 Å². The lowest BCUT2D eigenvalue weighted by Crippen LogP contribution is -2.17. The molecule has 0 saturated carbocycles. The van der Waals surface area contributed by atoms with Gasteiger partial charge in [-0.15, -0.1) is 0 Å². The van der Waals surface area contributed by atoms with Crippen molar-refractivity contribution in [2.24, 2.45) is 0 Å². The normalized spacial score (nSPS) is 12.2.